The molecular weight excluding hydrogens is 290 g/mol. The second-order valence-corrected chi connectivity index (χ2v) is 7.07. The van der Waals surface area contributed by atoms with E-state index in [1.807, 2.05) is 31.2 Å². The third-order valence-electron chi connectivity index (χ3n) is 2.82. The van der Waals surface area contributed by atoms with E-state index in [-0.39, 0.29) is 11.8 Å². The zero-order chi connectivity index (χ0) is 15.9. The lowest BCUT2D eigenvalue weighted by molar-refractivity contribution is -0.117. The largest absolute Gasteiger partial charge is 0.494 e. The lowest BCUT2D eigenvalue weighted by Gasteiger charge is -2.12. The number of benzene rings is 1. The van der Waals surface area contributed by atoms with E-state index in [4.69, 9.17) is 4.74 Å². The van der Waals surface area contributed by atoms with Crippen molar-refractivity contribution in [2.75, 3.05) is 12.9 Å². The van der Waals surface area contributed by atoms with Crippen LogP contribution in [0, 0.1) is 0 Å². The first-order valence-electron chi connectivity index (χ1n) is 6.95. The van der Waals surface area contributed by atoms with Crippen LogP contribution in [0.3, 0.4) is 0 Å². The molecule has 0 aliphatic rings. The van der Waals surface area contributed by atoms with Gasteiger partial charge in [0.05, 0.1) is 12.9 Å². The average molecular weight is 313 g/mol. The monoisotopic (exact) mass is 313 g/mol. The SMILES string of the molecule is CC(=O)CCCOc1ccc(CC(C)NS(C)(=O)=O)cc1. The number of rotatable bonds is 9. The smallest absolute Gasteiger partial charge is 0.208 e. The molecule has 0 spiro atoms. The first-order valence-corrected chi connectivity index (χ1v) is 8.84. The number of hydrogen-bond donors (Lipinski definition) is 1. The van der Waals surface area contributed by atoms with Gasteiger partial charge < -0.3 is 9.53 Å². The quantitative estimate of drug-likeness (QED) is 0.707. The zero-order valence-electron chi connectivity index (χ0n) is 12.8. The number of ketones is 1. The fourth-order valence-corrected chi connectivity index (χ4v) is 2.81. The Labute approximate surface area is 126 Å². The maximum absolute atomic E-state index is 11.1. The van der Waals surface area contributed by atoms with Crippen molar-refractivity contribution in [1.29, 1.82) is 0 Å². The molecule has 0 radical (unpaired) electrons. The van der Waals surface area contributed by atoms with E-state index >= 15 is 0 Å². The van der Waals surface area contributed by atoms with Crippen molar-refractivity contribution in [2.24, 2.45) is 0 Å². The Morgan fingerprint density at radius 1 is 1.29 bits per heavy atom. The highest BCUT2D eigenvalue weighted by Crippen LogP contribution is 2.14. The van der Waals surface area contributed by atoms with Crippen LogP contribution in [0.15, 0.2) is 24.3 Å². The molecule has 1 atom stereocenters. The number of Topliss-reactive ketones (excluding diaryl/α,β-unsaturated/α-hetero) is 1. The molecule has 5 nitrogen and oxygen atoms in total. The van der Waals surface area contributed by atoms with Crippen LogP contribution in [0.1, 0.15) is 32.3 Å². The van der Waals surface area contributed by atoms with E-state index in [1.54, 1.807) is 6.92 Å². The molecule has 0 saturated carbocycles. The van der Waals surface area contributed by atoms with Gasteiger partial charge in [0.15, 0.2) is 0 Å². The van der Waals surface area contributed by atoms with E-state index < -0.39 is 10.0 Å². The van der Waals surface area contributed by atoms with Crippen LogP contribution in [0.25, 0.3) is 0 Å². The molecule has 1 aromatic carbocycles. The van der Waals surface area contributed by atoms with E-state index in [0.717, 1.165) is 17.6 Å². The predicted octanol–water partition coefficient (Wildman–Crippen LogP) is 1.91. The number of sulfonamides is 1. The zero-order valence-corrected chi connectivity index (χ0v) is 13.6. The van der Waals surface area contributed by atoms with Crippen LogP contribution < -0.4 is 9.46 Å². The average Bonchev–Trinajstić information content (AvgIpc) is 2.34. The summed E-state index contributed by atoms with van der Waals surface area (Å²) in [6.07, 6.45) is 3.03. The summed E-state index contributed by atoms with van der Waals surface area (Å²) in [6, 6.07) is 7.40. The fraction of sp³-hybridized carbons (Fsp3) is 0.533. The molecule has 1 N–H and O–H groups in total. The summed E-state index contributed by atoms with van der Waals surface area (Å²) in [6.45, 7) is 3.92. The molecule has 6 heteroatoms. The Bertz CT molecular complexity index is 552. The number of carbonyl (C=O) groups excluding carboxylic acids is 1. The van der Waals surface area contributed by atoms with Gasteiger partial charge in [-0.1, -0.05) is 12.1 Å². The maximum Gasteiger partial charge on any atom is 0.208 e. The molecule has 0 amide bonds. The maximum atomic E-state index is 11.1. The van der Waals surface area contributed by atoms with Crippen molar-refractivity contribution in [3.63, 3.8) is 0 Å². The molecule has 0 aliphatic heterocycles. The fourth-order valence-electron chi connectivity index (χ4n) is 1.99. The molecule has 0 saturated heterocycles. The first-order chi connectivity index (χ1) is 9.76. The molecular formula is C15H23NO4S. The Balaban J connectivity index is 2.41. The number of hydrogen-bond acceptors (Lipinski definition) is 4. The summed E-state index contributed by atoms with van der Waals surface area (Å²) in [7, 11) is -3.18. The summed E-state index contributed by atoms with van der Waals surface area (Å²) in [5, 5.41) is 0. The van der Waals surface area contributed by atoms with Gasteiger partial charge in [-0.05, 0) is 44.4 Å². The van der Waals surface area contributed by atoms with Crippen molar-refractivity contribution < 1.29 is 17.9 Å². The third-order valence-corrected chi connectivity index (χ3v) is 3.65. The van der Waals surface area contributed by atoms with Crippen LogP contribution in [0.5, 0.6) is 5.75 Å². The van der Waals surface area contributed by atoms with Crippen LogP contribution >= 0.6 is 0 Å². The molecule has 0 aromatic heterocycles. The minimum Gasteiger partial charge on any atom is -0.494 e. The van der Waals surface area contributed by atoms with Crippen molar-refractivity contribution in [3.8, 4) is 5.75 Å². The molecule has 0 fully saturated rings. The summed E-state index contributed by atoms with van der Waals surface area (Å²) < 4.78 is 30.3. The van der Waals surface area contributed by atoms with Gasteiger partial charge >= 0.3 is 0 Å². The molecule has 118 valence electrons. The van der Waals surface area contributed by atoms with Gasteiger partial charge in [-0.3, -0.25) is 0 Å². The second kappa shape index (κ2) is 8.14. The van der Waals surface area contributed by atoms with Gasteiger partial charge in [-0.15, -0.1) is 0 Å². The predicted molar refractivity (Wildman–Crippen MR) is 83.0 cm³/mol. The standard InChI is InChI=1S/C15H23NO4S/c1-12(16-21(3,18)19)11-14-6-8-15(9-7-14)20-10-4-5-13(2)17/h6-9,12,16H,4-5,10-11H2,1-3H3. The van der Waals surface area contributed by atoms with Crippen molar-refractivity contribution in [2.45, 2.75) is 39.2 Å². The Morgan fingerprint density at radius 3 is 2.43 bits per heavy atom. The Morgan fingerprint density at radius 2 is 1.90 bits per heavy atom. The molecule has 21 heavy (non-hydrogen) atoms. The van der Waals surface area contributed by atoms with E-state index in [0.29, 0.717) is 25.9 Å². The second-order valence-electron chi connectivity index (χ2n) is 5.29. The third kappa shape index (κ3) is 8.47. The number of ether oxygens (including phenoxy) is 1. The molecule has 1 rings (SSSR count). The van der Waals surface area contributed by atoms with Crippen molar-refractivity contribution >= 4 is 15.8 Å². The van der Waals surface area contributed by atoms with Crippen LogP contribution in [0.4, 0.5) is 0 Å². The van der Waals surface area contributed by atoms with Crippen LogP contribution in [-0.2, 0) is 21.2 Å². The normalized spacial score (nSPS) is 12.9. The van der Waals surface area contributed by atoms with Gasteiger partial charge in [-0.2, -0.15) is 0 Å². The van der Waals surface area contributed by atoms with E-state index in [9.17, 15) is 13.2 Å². The van der Waals surface area contributed by atoms with Gasteiger partial charge in [0.25, 0.3) is 0 Å². The minimum atomic E-state index is -3.18. The van der Waals surface area contributed by atoms with Crippen molar-refractivity contribution in [1.82, 2.24) is 4.72 Å². The van der Waals surface area contributed by atoms with Gasteiger partial charge in [0, 0.05) is 12.5 Å². The van der Waals surface area contributed by atoms with Gasteiger partial charge in [-0.25, -0.2) is 13.1 Å². The highest BCUT2D eigenvalue weighted by atomic mass is 32.2. The minimum absolute atomic E-state index is 0.151. The number of carbonyl (C=O) groups is 1. The molecule has 0 heterocycles. The van der Waals surface area contributed by atoms with E-state index in [1.165, 1.54) is 0 Å². The topological polar surface area (TPSA) is 72.5 Å². The highest BCUT2D eigenvalue weighted by molar-refractivity contribution is 7.88. The van der Waals surface area contributed by atoms with Crippen LogP contribution in [0.2, 0.25) is 0 Å². The lowest BCUT2D eigenvalue weighted by Crippen LogP contribution is -2.33. The molecule has 1 aromatic rings. The Kier molecular flexibility index (Phi) is 6.84. The molecule has 0 bridgehead atoms. The summed E-state index contributed by atoms with van der Waals surface area (Å²) in [4.78, 5) is 10.8. The first kappa shape index (κ1) is 17.7. The summed E-state index contributed by atoms with van der Waals surface area (Å²) >= 11 is 0. The molecule has 1 unspecified atom stereocenters. The van der Waals surface area contributed by atoms with Crippen molar-refractivity contribution in [3.05, 3.63) is 29.8 Å². The summed E-state index contributed by atoms with van der Waals surface area (Å²) in [5.74, 6) is 0.923. The highest BCUT2D eigenvalue weighted by Gasteiger charge is 2.09. The van der Waals surface area contributed by atoms with E-state index in [2.05, 4.69) is 4.72 Å². The summed E-state index contributed by atoms with van der Waals surface area (Å²) in [5.41, 5.74) is 1.04. The molecule has 0 aliphatic carbocycles. The number of nitrogens with one attached hydrogen (secondary N) is 1. The lowest BCUT2D eigenvalue weighted by atomic mass is 10.1. The van der Waals surface area contributed by atoms with Crippen LogP contribution in [-0.4, -0.2) is 33.1 Å². The van der Waals surface area contributed by atoms with Gasteiger partial charge in [0.1, 0.15) is 11.5 Å². The van der Waals surface area contributed by atoms with Gasteiger partial charge in [0.2, 0.25) is 10.0 Å². The Hall–Kier alpha value is -1.40.